The van der Waals surface area contributed by atoms with Gasteiger partial charge in [-0.25, -0.2) is 4.98 Å². The van der Waals surface area contributed by atoms with Crippen LogP contribution in [0.25, 0.3) is 0 Å². The molecule has 0 spiro atoms. The fourth-order valence-corrected chi connectivity index (χ4v) is 3.47. The first-order chi connectivity index (χ1) is 9.67. The first-order valence-electron chi connectivity index (χ1n) is 8.12. The Labute approximate surface area is 128 Å². The summed E-state index contributed by atoms with van der Waals surface area (Å²) in [5, 5.41) is 4.73. The Hall–Kier alpha value is -0.610. The van der Waals surface area contributed by atoms with Crippen LogP contribution >= 0.6 is 11.3 Å². The van der Waals surface area contributed by atoms with E-state index in [4.69, 9.17) is 4.98 Å². The first-order valence-corrected chi connectivity index (χ1v) is 8.94. The quantitative estimate of drug-likeness (QED) is 0.649. The molecular formula is C16H31N3S. The van der Waals surface area contributed by atoms with Crippen molar-refractivity contribution in [1.82, 2.24) is 10.3 Å². The number of thiazole rings is 1. The van der Waals surface area contributed by atoms with Crippen molar-refractivity contribution in [2.75, 3.05) is 24.5 Å². The number of rotatable bonds is 10. The van der Waals surface area contributed by atoms with Crippen LogP contribution in [0.3, 0.4) is 0 Å². The maximum atomic E-state index is 4.95. The van der Waals surface area contributed by atoms with Crippen LogP contribution in [0.5, 0.6) is 0 Å². The molecule has 116 valence electrons. The molecular weight excluding hydrogens is 266 g/mol. The average Bonchev–Trinajstić information content (AvgIpc) is 2.88. The van der Waals surface area contributed by atoms with Crippen molar-refractivity contribution < 1.29 is 0 Å². The zero-order chi connectivity index (χ0) is 15.0. The number of hydrogen-bond donors (Lipinski definition) is 1. The number of hydrogen-bond acceptors (Lipinski definition) is 4. The van der Waals surface area contributed by atoms with E-state index in [0.717, 1.165) is 32.6 Å². The molecule has 1 rings (SSSR count). The molecule has 0 fully saturated rings. The second kappa shape index (κ2) is 9.35. The topological polar surface area (TPSA) is 28.2 Å². The normalized spacial score (nSPS) is 12.7. The molecule has 4 heteroatoms. The van der Waals surface area contributed by atoms with Crippen molar-refractivity contribution >= 4 is 16.5 Å². The van der Waals surface area contributed by atoms with E-state index in [1.807, 2.05) is 11.3 Å². The number of nitrogens with one attached hydrogen (secondary N) is 1. The highest BCUT2D eigenvalue weighted by atomic mass is 32.1. The predicted octanol–water partition coefficient (Wildman–Crippen LogP) is 4.39. The van der Waals surface area contributed by atoms with Gasteiger partial charge in [0.2, 0.25) is 0 Å². The van der Waals surface area contributed by atoms with Gasteiger partial charge in [-0.2, -0.15) is 0 Å². The highest BCUT2D eigenvalue weighted by Crippen LogP contribution is 2.32. The zero-order valence-electron chi connectivity index (χ0n) is 13.8. The van der Waals surface area contributed by atoms with Gasteiger partial charge in [-0.15, -0.1) is 11.3 Å². The van der Waals surface area contributed by atoms with Gasteiger partial charge in [0.05, 0.1) is 5.69 Å². The lowest BCUT2D eigenvalue weighted by Gasteiger charge is -2.18. The summed E-state index contributed by atoms with van der Waals surface area (Å²) >= 11 is 1.88. The number of aromatic nitrogens is 1. The summed E-state index contributed by atoms with van der Waals surface area (Å²) in [7, 11) is 0. The lowest BCUT2D eigenvalue weighted by molar-refractivity contribution is 0.654. The largest absolute Gasteiger partial charge is 0.348 e. The standard InChI is InChI=1S/C16H31N3S/c1-6-10-17-12-14-15(13(5)8-3)18-16(20-14)19(9-4)11-7-2/h13,17H,6-12H2,1-5H3. The summed E-state index contributed by atoms with van der Waals surface area (Å²) in [4.78, 5) is 8.78. The Kier molecular flexibility index (Phi) is 8.15. The third-order valence-electron chi connectivity index (χ3n) is 3.65. The van der Waals surface area contributed by atoms with E-state index in [9.17, 15) is 0 Å². The molecule has 0 amide bonds. The van der Waals surface area contributed by atoms with E-state index >= 15 is 0 Å². The molecule has 1 unspecified atom stereocenters. The van der Waals surface area contributed by atoms with Crippen molar-refractivity contribution in [2.24, 2.45) is 0 Å². The van der Waals surface area contributed by atoms with E-state index in [-0.39, 0.29) is 0 Å². The number of anilines is 1. The summed E-state index contributed by atoms with van der Waals surface area (Å²) in [5.41, 5.74) is 1.31. The van der Waals surface area contributed by atoms with Crippen LogP contribution < -0.4 is 10.2 Å². The fourth-order valence-electron chi connectivity index (χ4n) is 2.23. The van der Waals surface area contributed by atoms with E-state index < -0.39 is 0 Å². The van der Waals surface area contributed by atoms with Crippen molar-refractivity contribution in [1.29, 1.82) is 0 Å². The summed E-state index contributed by atoms with van der Waals surface area (Å²) in [6.07, 6.45) is 3.51. The van der Waals surface area contributed by atoms with Gasteiger partial charge in [0.25, 0.3) is 0 Å². The van der Waals surface area contributed by atoms with Crippen molar-refractivity contribution in [3.8, 4) is 0 Å². The zero-order valence-corrected chi connectivity index (χ0v) is 14.6. The molecule has 0 saturated carbocycles. The van der Waals surface area contributed by atoms with Crippen LogP contribution in [0.1, 0.15) is 70.4 Å². The van der Waals surface area contributed by atoms with Gasteiger partial charge >= 0.3 is 0 Å². The molecule has 0 saturated heterocycles. The molecule has 1 heterocycles. The van der Waals surface area contributed by atoms with Crippen molar-refractivity contribution in [3.63, 3.8) is 0 Å². The van der Waals surface area contributed by atoms with Crippen molar-refractivity contribution in [3.05, 3.63) is 10.6 Å². The Morgan fingerprint density at radius 3 is 2.50 bits per heavy atom. The highest BCUT2D eigenvalue weighted by Gasteiger charge is 2.18. The summed E-state index contributed by atoms with van der Waals surface area (Å²) < 4.78 is 0. The number of nitrogens with zero attached hydrogens (tertiary/aromatic N) is 2. The minimum atomic E-state index is 0.554. The highest BCUT2D eigenvalue weighted by molar-refractivity contribution is 7.15. The lowest BCUT2D eigenvalue weighted by Crippen LogP contribution is -2.23. The summed E-state index contributed by atoms with van der Waals surface area (Å²) in [6.45, 7) is 15.4. The molecule has 1 atom stereocenters. The van der Waals surface area contributed by atoms with Crippen LogP contribution in [0.4, 0.5) is 5.13 Å². The fraction of sp³-hybridized carbons (Fsp3) is 0.812. The van der Waals surface area contributed by atoms with E-state index in [1.165, 1.54) is 28.5 Å². The molecule has 0 aliphatic carbocycles. The molecule has 0 aliphatic heterocycles. The molecule has 0 aliphatic rings. The molecule has 0 bridgehead atoms. The molecule has 1 N–H and O–H groups in total. The second-order valence-electron chi connectivity index (χ2n) is 5.37. The molecule has 3 nitrogen and oxygen atoms in total. The van der Waals surface area contributed by atoms with Gasteiger partial charge in [0.15, 0.2) is 5.13 Å². The minimum Gasteiger partial charge on any atom is -0.348 e. The van der Waals surface area contributed by atoms with E-state index in [1.54, 1.807) is 0 Å². The van der Waals surface area contributed by atoms with Crippen LogP contribution in [0.15, 0.2) is 0 Å². The van der Waals surface area contributed by atoms with Gasteiger partial charge in [-0.1, -0.05) is 27.7 Å². The minimum absolute atomic E-state index is 0.554. The molecule has 1 aromatic heterocycles. The van der Waals surface area contributed by atoms with Crippen LogP contribution in [0.2, 0.25) is 0 Å². The van der Waals surface area contributed by atoms with Crippen LogP contribution in [-0.4, -0.2) is 24.6 Å². The van der Waals surface area contributed by atoms with Crippen LogP contribution in [-0.2, 0) is 6.54 Å². The Bertz CT molecular complexity index is 376. The molecule has 0 radical (unpaired) electrons. The monoisotopic (exact) mass is 297 g/mol. The van der Waals surface area contributed by atoms with Gasteiger partial charge < -0.3 is 10.2 Å². The smallest absolute Gasteiger partial charge is 0.185 e. The van der Waals surface area contributed by atoms with Crippen LogP contribution in [0, 0.1) is 0 Å². The SMILES string of the molecule is CCCNCc1sc(N(CC)CCC)nc1C(C)CC. The molecule has 20 heavy (non-hydrogen) atoms. The third kappa shape index (κ3) is 4.74. The van der Waals surface area contributed by atoms with E-state index in [0.29, 0.717) is 5.92 Å². The van der Waals surface area contributed by atoms with Gasteiger partial charge in [-0.3, -0.25) is 0 Å². The molecule has 0 aromatic carbocycles. The Morgan fingerprint density at radius 1 is 1.20 bits per heavy atom. The summed E-state index contributed by atoms with van der Waals surface area (Å²) in [6, 6.07) is 0. The average molecular weight is 298 g/mol. The summed E-state index contributed by atoms with van der Waals surface area (Å²) in [5.74, 6) is 0.554. The van der Waals surface area contributed by atoms with E-state index in [2.05, 4.69) is 44.8 Å². The second-order valence-corrected chi connectivity index (χ2v) is 6.43. The van der Waals surface area contributed by atoms with Gasteiger partial charge in [0.1, 0.15) is 0 Å². The Morgan fingerprint density at radius 2 is 1.95 bits per heavy atom. The first kappa shape index (κ1) is 17.4. The molecule has 1 aromatic rings. The van der Waals surface area contributed by atoms with Gasteiger partial charge in [-0.05, 0) is 38.6 Å². The maximum absolute atomic E-state index is 4.95. The maximum Gasteiger partial charge on any atom is 0.185 e. The van der Waals surface area contributed by atoms with Crippen molar-refractivity contribution in [2.45, 2.75) is 66.3 Å². The third-order valence-corrected chi connectivity index (χ3v) is 4.79. The Balaban J connectivity index is 2.91. The lowest BCUT2D eigenvalue weighted by atomic mass is 10.0. The van der Waals surface area contributed by atoms with Gasteiger partial charge in [0, 0.05) is 24.5 Å². The predicted molar refractivity (Wildman–Crippen MR) is 91.0 cm³/mol.